The standard InChI is InChI=1S/C30H42F3N4OS/c1-29(2,3)24-7-11-26(12-8-24)37(4)22-20-34(21-23-37)15-5-6-28(38)36-18-16-35(17-19-36)25-9-13-27(14-10-25)39-30(31,32)33/h7-14H,5-6,15-23H2,1-4H3/q+1. The second-order valence-corrected chi connectivity index (χ2v) is 13.1. The summed E-state index contributed by atoms with van der Waals surface area (Å²) >= 11 is -0.0978. The fourth-order valence-electron chi connectivity index (χ4n) is 5.44. The van der Waals surface area contributed by atoms with Gasteiger partial charge in [0, 0.05) is 56.3 Å². The number of carbonyl (C=O) groups excluding carboxylic acids is 1. The highest BCUT2D eigenvalue weighted by molar-refractivity contribution is 8.00. The molecule has 0 N–H and O–H groups in total. The normalized spacial score (nSPS) is 18.8. The summed E-state index contributed by atoms with van der Waals surface area (Å²) in [7, 11) is 2.32. The lowest BCUT2D eigenvalue weighted by Crippen LogP contribution is -2.58. The average Bonchev–Trinajstić information content (AvgIpc) is 2.89. The van der Waals surface area contributed by atoms with Crippen molar-refractivity contribution in [3.05, 3.63) is 54.1 Å². The van der Waals surface area contributed by atoms with Gasteiger partial charge in [-0.25, -0.2) is 0 Å². The van der Waals surface area contributed by atoms with Crippen LogP contribution in [0, 0.1) is 0 Å². The number of alkyl halides is 3. The molecule has 5 nitrogen and oxygen atoms in total. The van der Waals surface area contributed by atoms with Crippen LogP contribution in [-0.4, -0.2) is 87.2 Å². The minimum Gasteiger partial charge on any atom is -0.368 e. The van der Waals surface area contributed by atoms with E-state index in [0.717, 1.165) is 49.3 Å². The van der Waals surface area contributed by atoms with Crippen LogP contribution in [-0.2, 0) is 10.2 Å². The number of rotatable bonds is 7. The zero-order valence-electron chi connectivity index (χ0n) is 23.6. The summed E-state index contributed by atoms with van der Waals surface area (Å²) in [6, 6.07) is 15.6. The van der Waals surface area contributed by atoms with Gasteiger partial charge in [0.1, 0.15) is 5.69 Å². The number of quaternary nitrogens is 1. The molecule has 2 aromatic carbocycles. The largest absolute Gasteiger partial charge is 0.446 e. The van der Waals surface area contributed by atoms with Gasteiger partial charge in [-0.2, -0.15) is 13.2 Å². The van der Waals surface area contributed by atoms with Gasteiger partial charge in [-0.05, 0) is 72.1 Å². The molecule has 0 atom stereocenters. The molecule has 4 rings (SSSR count). The van der Waals surface area contributed by atoms with Crippen molar-refractivity contribution in [2.24, 2.45) is 0 Å². The smallest absolute Gasteiger partial charge is 0.368 e. The molecule has 2 saturated heterocycles. The lowest BCUT2D eigenvalue weighted by atomic mass is 9.87. The van der Waals surface area contributed by atoms with Gasteiger partial charge in [0.05, 0.1) is 20.1 Å². The maximum Gasteiger partial charge on any atom is 0.446 e. The summed E-state index contributed by atoms with van der Waals surface area (Å²) in [5.74, 6) is 0.197. The Kier molecular flexibility index (Phi) is 9.23. The van der Waals surface area contributed by atoms with Crippen molar-refractivity contribution in [1.82, 2.24) is 14.3 Å². The van der Waals surface area contributed by atoms with E-state index in [1.165, 1.54) is 23.4 Å². The summed E-state index contributed by atoms with van der Waals surface area (Å²) in [5.41, 5.74) is -0.489. The van der Waals surface area contributed by atoms with Crippen molar-refractivity contribution in [2.45, 2.75) is 49.4 Å². The molecule has 0 spiro atoms. The molecule has 0 bridgehead atoms. The molecule has 2 fully saturated rings. The van der Waals surface area contributed by atoms with Gasteiger partial charge in [-0.15, -0.1) is 0 Å². The zero-order chi connectivity index (χ0) is 28.3. The Labute approximate surface area is 235 Å². The van der Waals surface area contributed by atoms with Gasteiger partial charge in [0.2, 0.25) is 5.91 Å². The van der Waals surface area contributed by atoms with Gasteiger partial charge < -0.3 is 9.80 Å². The SMILES string of the molecule is CC(C)(C)c1ccc([N+]2(C)CCN(CCCC(=O)N3CCN(c4ccc(SC(F)(F)F)cc4)CC3)CC2)cc1. The highest BCUT2D eigenvalue weighted by atomic mass is 32.2. The first kappa shape index (κ1) is 29.7. The van der Waals surface area contributed by atoms with E-state index in [4.69, 9.17) is 0 Å². The van der Waals surface area contributed by atoms with Crippen LogP contribution < -0.4 is 9.38 Å². The highest BCUT2D eigenvalue weighted by Crippen LogP contribution is 2.37. The third kappa shape index (κ3) is 8.14. The van der Waals surface area contributed by atoms with Crippen LogP contribution in [0.2, 0.25) is 0 Å². The number of anilines is 1. The molecule has 2 aliphatic heterocycles. The Balaban J connectivity index is 1.16. The van der Waals surface area contributed by atoms with Gasteiger partial charge in [0.25, 0.3) is 0 Å². The molecule has 0 aliphatic carbocycles. The molecule has 2 heterocycles. The van der Waals surface area contributed by atoms with E-state index in [2.05, 4.69) is 61.9 Å². The Morgan fingerprint density at radius 2 is 1.46 bits per heavy atom. The van der Waals surface area contributed by atoms with Crippen molar-refractivity contribution in [3.63, 3.8) is 0 Å². The van der Waals surface area contributed by atoms with Gasteiger partial charge in [0.15, 0.2) is 0 Å². The number of nitrogens with zero attached hydrogens (tertiary/aromatic N) is 4. The Morgan fingerprint density at radius 1 is 0.872 bits per heavy atom. The van der Waals surface area contributed by atoms with E-state index < -0.39 is 5.51 Å². The van der Waals surface area contributed by atoms with Crippen LogP contribution in [0.3, 0.4) is 0 Å². The molecule has 2 aromatic rings. The topological polar surface area (TPSA) is 26.8 Å². The molecule has 0 saturated carbocycles. The third-order valence-electron chi connectivity index (χ3n) is 8.11. The zero-order valence-corrected chi connectivity index (χ0v) is 24.5. The van der Waals surface area contributed by atoms with Gasteiger partial charge >= 0.3 is 5.51 Å². The quantitative estimate of drug-likeness (QED) is 0.306. The van der Waals surface area contributed by atoms with Gasteiger partial charge in [-0.3, -0.25) is 14.2 Å². The number of hydrogen-bond donors (Lipinski definition) is 0. The number of benzene rings is 2. The first-order valence-electron chi connectivity index (χ1n) is 13.9. The number of piperazine rings is 2. The molecular weight excluding hydrogens is 521 g/mol. The van der Waals surface area contributed by atoms with Crippen molar-refractivity contribution in [3.8, 4) is 0 Å². The minimum atomic E-state index is -4.28. The Hall–Kier alpha value is -2.23. The molecule has 0 radical (unpaired) electrons. The number of likely N-dealkylation sites (N-methyl/N-ethyl adjacent to an activating group) is 1. The Bertz CT molecular complexity index is 1080. The van der Waals surface area contributed by atoms with E-state index in [1.807, 2.05) is 4.90 Å². The van der Waals surface area contributed by atoms with Crippen molar-refractivity contribution in [1.29, 1.82) is 0 Å². The van der Waals surface area contributed by atoms with Crippen LogP contribution in [0.4, 0.5) is 24.5 Å². The predicted molar refractivity (Wildman–Crippen MR) is 155 cm³/mol. The fraction of sp³-hybridized carbons (Fsp3) is 0.567. The third-order valence-corrected chi connectivity index (χ3v) is 8.85. The summed E-state index contributed by atoms with van der Waals surface area (Å²) in [5, 5.41) is 0. The van der Waals surface area contributed by atoms with Crippen LogP contribution in [0.5, 0.6) is 0 Å². The maximum absolute atomic E-state index is 12.8. The van der Waals surface area contributed by atoms with E-state index in [-0.39, 0.29) is 28.0 Å². The number of halogens is 3. The van der Waals surface area contributed by atoms with Crippen LogP contribution in [0.1, 0.15) is 39.2 Å². The van der Waals surface area contributed by atoms with Crippen molar-refractivity contribution < 1.29 is 18.0 Å². The van der Waals surface area contributed by atoms with Crippen LogP contribution >= 0.6 is 11.8 Å². The van der Waals surface area contributed by atoms with E-state index in [9.17, 15) is 18.0 Å². The second kappa shape index (κ2) is 12.1. The molecule has 0 unspecified atom stereocenters. The molecule has 0 aromatic heterocycles. The summed E-state index contributed by atoms with van der Waals surface area (Å²) in [4.78, 5) is 19.5. The first-order chi connectivity index (χ1) is 18.3. The number of hydrogen-bond acceptors (Lipinski definition) is 4. The lowest BCUT2D eigenvalue weighted by molar-refractivity contribution is -0.131. The minimum absolute atomic E-state index is 0.0978. The van der Waals surface area contributed by atoms with E-state index in [0.29, 0.717) is 32.6 Å². The molecule has 1 amide bonds. The first-order valence-corrected chi connectivity index (χ1v) is 14.7. The summed E-state index contributed by atoms with van der Waals surface area (Å²) < 4.78 is 38.6. The van der Waals surface area contributed by atoms with Crippen LogP contribution in [0.15, 0.2) is 53.4 Å². The fourth-order valence-corrected chi connectivity index (χ4v) is 5.98. The summed E-state index contributed by atoms with van der Waals surface area (Å²) in [6.07, 6.45) is 1.42. The molecule has 2 aliphatic rings. The lowest BCUT2D eigenvalue weighted by Gasteiger charge is -2.42. The van der Waals surface area contributed by atoms with Gasteiger partial charge in [-0.1, -0.05) is 32.9 Å². The Morgan fingerprint density at radius 3 is 2.00 bits per heavy atom. The molecule has 9 heteroatoms. The van der Waals surface area contributed by atoms with E-state index >= 15 is 0 Å². The summed E-state index contributed by atoms with van der Waals surface area (Å²) in [6.45, 7) is 14.5. The highest BCUT2D eigenvalue weighted by Gasteiger charge is 2.32. The van der Waals surface area contributed by atoms with E-state index in [1.54, 1.807) is 12.1 Å². The molecule has 39 heavy (non-hydrogen) atoms. The number of amides is 1. The predicted octanol–water partition coefficient (Wildman–Crippen LogP) is 5.98. The monoisotopic (exact) mass is 563 g/mol. The van der Waals surface area contributed by atoms with Crippen molar-refractivity contribution >= 4 is 29.0 Å². The maximum atomic E-state index is 12.8. The van der Waals surface area contributed by atoms with Crippen molar-refractivity contribution in [2.75, 3.05) is 70.9 Å². The second-order valence-electron chi connectivity index (χ2n) is 12.0. The molecule has 214 valence electrons. The number of thioether (sulfide) groups is 1. The van der Waals surface area contributed by atoms with Crippen LogP contribution in [0.25, 0.3) is 0 Å². The average molecular weight is 564 g/mol. The molecular formula is C30H42F3N4OS+. The number of carbonyl (C=O) groups is 1.